The van der Waals surface area contributed by atoms with Crippen LogP contribution in [0.25, 0.3) is 0 Å². The van der Waals surface area contributed by atoms with Crippen molar-refractivity contribution in [1.29, 1.82) is 0 Å². The van der Waals surface area contributed by atoms with E-state index in [1.165, 1.54) is 24.3 Å². The Morgan fingerprint density at radius 1 is 1.11 bits per heavy atom. The van der Waals surface area contributed by atoms with Gasteiger partial charge in [-0.05, 0) is 30.3 Å². The van der Waals surface area contributed by atoms with Gasteiger partial charge in [0, 0.05) is 10.5 Å². The topological polar surface area (TPSA) is 49.3 Å². The molecule has 0 saturated carbocycles. The highest BCUT2D eigenvalue weighted by molar-refractivity contribution is 9.10. The Hall–Kier alpha value is -1.95. The lowest BCUT2D eigenvalue weighted by Gasteiger charge is -2.07. The molecule has 0 aliphatic rings. The summed E-state index contributed by atoms with van der Waals surface area (Å²) in [5.41, 5.74) is -0.343. The molecule has 0 saturated heterocycles. The molecule has 1 amide bonds. The number of anilines is 1. The van der Waals surface area contributed by atoms with E-state index in [1.807, 2.05) is 0 Å². The minimum Gasteiger partial charge on any atom is -0.508 e. The second-order valence-electron chi connectivity index (χ2n) is 3.74. The molecular weight excluding hydrogens is 320 g/mol. The Labute approximate surface area is 116 Å². The monoisotopic (exact) mass is 327 g/mol. The van der Waals surface area contributed by atoms with Crippen molar-refractivity contribution in [1.82, 2.24) is 0 Å². The highest BCUT2D eigenvalue weighted by Gasteiger charge is 2.14. The van der Waals surface area contributed by atoms with Crippen molar-refractivity contribution in [3.05, 3.63) is 58.1 Å². The van der Waals surface area contributed by atoms with Gasteiger partial charge in [-0.3, -0.25) is 4.79 Å². The van der Waals surface area contributed by atoms with E-state index in [-0.39, 0.29) is 17.0 Å². The lowest BCUT2D eigenvalue weighted by atomic mass is 10.2. The smallest absolute Gasteiger partial charge is 0.258 e. The summed E-state index contributed by atoms with van der Waals surface area (Å²) in [7, 11) is 0. The molecule has 19 heavy (non-hydrogen) atoms. The molecule has 0 aliphatic heterocycles. The summed E-state index contributed by atoms with van der Waals surface area (Å²) in [6.07, 6.45) is 0. The molecular formula is C13H8BrF2NO2. The van der Waals surface area contributed by atoms with E-state index in [4.69, 9.17) is 5.11 Å². The molecule has 3 nitrogen and oxygen atoms in total. The molecule has 0 atom stereocenters. The Bertz CT molecular complexity index is 647. The number of halogens is 3. The van der Waals surface area contributed by atoms with Gasteiger partial charge in [0.2, 0.25) is 0 Å². The summed E-state index contributed by atoms with van der Waals surface area (Å²) in [6, 6.07) is 7.14. The Morgan fingerprint density at radius 2 is 1.84 bits per heavy atom. The molecule has 2 aromatic carbocycles. The first-order valence-electron chi connectivity index (χ1n) is 5.22. The number of aromatic hydroxyl groups is 1. The SMILES string of the molecule is O=C(Nc1ccc(O)cc1F)c1cc(Br)ccc1F. The van der Waals surface area contributed by atoms with Crippen molar-refractivity contribution in [2.75, 3.05) is 5.32 Å². The minimum absolute atomic E-state index is 0.137. The molecule has 0 unspecified atom stereocenters. The van der Waals surface area contributed by atoms with Crippen molar-refractivity contribution < 1.29 is 18.7 Å². The summed E-state index contributed by atoms with van der Waals surface area (Å²) < 4.78 is 27.4. The molecule has 0 fully saturated rings. The fraction of sp³-hybridized carbons (Fsp3) is 0. The van der Waals surface area contributed by atoms with Crippen LogP contribution in [0.5, 0.6) is 5.75 Å². The highest BCUT2D eigenvalue weighted by atomic mass is 79.9. The molecule has 2 N–H and O–H groups in total. The average Bonchev–Trinajstić information content (AvgIpc) is 2.35. The predicted octanol–water partition coefficient (Wildman–Crippen LogP) is 3.69. The normalized spacial score (nSPS) is 10.3. The van der Waals surface area contributed by atoms with Crippen LogP contribution in [0.1, 0.15) is 10.4 Å². The van der Waals surface area contributed by atoms with Crippen LogP contribution in [-0.4, -0.2) is 11.0 Å². The lowest BCUT2D eigenvalue weighted by molar-refractivity contribution is 0.102. The number of phenols is 1. The van der Waals surface area contributed by atoms with Gasteiger partial charge in [0.25, 0.3) is 5.91 Å². The second-order valence-corrected chi connectivity index (χ2v) is 4.66. The molecule has 0 bridgehead atoms. The number of hydrogen-bond acceptors (Lipinski definition) is 2. The van der Waals surface area contributed by atoms with Gasteiger partial charge in [0.15, 0.2) is 0 Å². The first kappa shape index (κ1) is 13.5. The van der Waals surface area contributed by atoms with Gasteiger partial charge < -0.3 is 10.4 Å². The van der Waals surface area contributed by atoms with Gasteiger partial charge in [0.1, 0.15) is 17.4 Å². The van der Waals surface area contributed by atoms with Crippen LogP contribution in [0, 0.1) is 11.6 Å². The Morgan fingerprint density at radius 3 is 2.53 bits per heavy atom. The number of hydrogen-bond donors (Lipinski definition) is 2. The van der Waals surface area contributed by atoms with E-state index in [2.05, 4.69) is 21.2 Å². The Balaban J connectivity index is 2.28. The molecule has 0 aromatic heterocycles. The van der Waals surface area contributed by atoms with Crippen molar-refractivity contribution in [3.63, 3.8) is 0 Å². The van der Waals surface area contributed by atoms with Gasteiger partial charge in [-0.1, -0.05) is 15.9 Å². The third-order valence-electron chi connectivity index (χ3n) is 2.37. The standard InChI is InChI=1S/C13H8BrF2NO2/c14-7-1-3-10(15)9(5-7)13(19)17-12-4-2-8(18)6-11(12)16/h1-6,18H,(H,17,19). The fourth-order valence-electron chi connectivity index (χ4n) is 1.47. The number of carbonyl (C=O) groups excluding carboxylic acids is 1. The second kappa shape index (κ2) is 5.36. The van der Waals surface area contributed by atoms with Crippen LogP contribution < -0.4 is 5.32 Å². The summed E-state index contributed by atoms with van der Waals surface area (Å²) in [4.78, 5) is 11.8. The van der Waals surface area contributed by atoms with Gasteiger partial charge in [-0.2, -0.15) is 0 Å². The van der Waals surface area contributed by atoms with E-state index in [0.29, 0.717) is 4.47 Å². The van der Waals surface area contributed by atoms with E-state index < -0.39 is 17.5 Å². The largest absolute Gasteiger partial charge is 0.508 e. The summed E-state index contributed by atoms with van der Waals surface area (Å²) in [5, 5.41) is 11.3. The maximum atomic E-state index is 13.5. The number of carbonyl (C=O) groups is 1. The third kappa shape index (κ3) is 3.08. The zero-order valence-corrected chi connectivity index (χ0v) is 11.0. The maximum absolute atomic E-state index is 13.5. The van der Waals surface area contributed by atoms with Gasteiger partial charge in [0.05, 0.1) is 11.3 Å². The van der Waals surface area contributed by atoms with Crippen molar-refractivity contribution in [2.24, 2.45) is 0 Å². The number of nitrogens with one attached hydrogen (secondary N) is 1. The molecule has 2 rings (SSSR count). The highest BCUT2D eigenvalue weighted by Crippen LogP contribution is 2.21. The molecule has 0 heterocycles. The van der Waals surface area contributed by atoms with E-state index in [0.717, 1.165) is 12.1 Å². The quantitative estimate of drug-likeness (QED) is 0.826. The zero-order valence-electron chi connectivity index (χ0n) is 9.45. The molecule has 2 aromatic rings. The van der Waals surface area contributed by atoms with Crippen LogP contribution in [0.3, 0.4) is 0 Å². The van der Waals surface area contributed by atoms with Crippen molar-refractivity contribution >= 4 is 27.5 Å². The minimum atomic E-state index is -0.802. The van der Waals surface area contributed by atoms with E-state index >= 15 is 0 Å². The molecule has 0 aliphatic carbocycles. The molecule has 0 radical (unpaired) electrons. The average molecular weight is 328 g/mol. The lowest BCUT2D eigenvalue weighted by Crippen LogP contribution is -2.14. The van der Waals surface area contributed by atoms with Crippen LogP contribution in [0.4, 0.5) is 14.5 Å². The number of amides is 1. The predicted molar refractivity (Wildman–Crippen MR) is 70.1 cm³/mol. The zero-order chi connectivity index (χ0) is 14.0. The molecule has 6 heteroatoms. The van der Waals surface area contributed by atoms with Crippen LogP contribution in [0.15, 0.2) is 40.9 Å². The van der Waals surface area contributed by atoms with Crippen molar-refractivity contribution in [3.8, 4) is 5.75 Å². The number of rotatable bonds is 2. The fourth-order valence-corrected chi connectivity index (χ4v) is 1.83. The molecule has 98 valence electrons. The van der Waals surface area contributed by atoms with Crippen LogP contribution in [0.2, 0.25) is 0 Å². The number of phenolic OH excluding ortho intramolecular Hbond substituents is 1. The first-order chi connectivity index (χ1) is 8.97. The molecule has 0 spiro atoms. The maximum Gasteiger partial charge on any atom is 0.258 e. The first-order valence-corrected chi connectivity index (χ1v) is 6.01. The van der Waals surface area contributed by atoms with E-state index in [9.17, 15) is 13.6 Å². The third-order valence-corrected chi connectivity index (χ3v) is 2.87. The summed E-state index contributed by atoms with van der Waals surface area (Å²) >= 11 is 3.12. The van der Waals surface area contributed by atoms with Gasteiger partial charge in [-0.15, -0.1) is 0 Å². The van der Waals surface area contributed by atoms with Crippen LogP contribution in [-0.2, 0) is 0 Å². The summed E-state index contributed by atoms with van der Waals surface area (Å²) in [6.45, 7) is 0. The van der Waals surface area contributed by atoms with Gasteiger partial charge in [-0.25, -0.2) is 8.78 Å². The Kier molecular flexibility index (Phi) is 3.80. The number of benzene rings is 2. The van der Waals surface area contributed by atoms with E-state index in [1.54, 1.807) is 0 Å². The summed E-state index contributed by atoms with van der Waals surface area (Å²) in [5.74, 6) is -2.55. The van der Waals surface area contributed by atoms with Crippen molar-refractivity contribution in [2.45, 2.75) is 0 Å². The van der Waals surface area contributed by atoms with Gasteiger partial charge >= 0.3 is 0 Å². The van der Waals surface area contributed by atoms with Crippen LogP contribution >= 0.6 is 15.9 Å².